The molecule has 3 N–H and O–H groups in total. The molecule has 17 heavy (non-hydrogen) atoms. The van der Waals surface area contributed by atoms with Gasteiger partial charge >= 0.3 is 6.03 Å². The molecule has 2 amide bonds. The number of amides is 2. The fourth-order valence-corrected chi connectivity index (χ4v) is 1.09. The van der Waals surface area contributed by atoms with E-state index in [4.69, 9.17) is 5.11 Å². The summed E-state index contributed by atoms with van der Waals surface area (Å²) in [5.41, 5.74) is 0. The second-order valence-electron chi connectivity index (χ2n) is 3.50. The normalized spacial score (nSPS) is 12.5. The van der Waals surface area contributed by atoms with Gasteiger partial charge < -0.3 is 10.4 Å². The Hall–Kier alpha value is -1.70. The fourth-order valence-electron chi connectivity index (χ4n) is 1.09. The lowest BCUT2D eigenvalue weighted by Gasteiger charge is -2.10. The first-order valence-electron chi connectivity index (χ1n) is 5.01. The van der Waals surface area contributed by atoms with Crippen molar-refractivity contribution in [1.82, 2.24) is 15.1 Å². The molecular formula is C9H14F2N4O2. The van der Waals surface area contributed by atoms with Crippen molar-refractivity contribution in [3.63, 3.8) is 0 Å². The number of aliphatic hydroxyl groups excluding tert-OH is 1. The summed E-state index contributed by atoms with van der Waals surface area (Å²) in [6.45, 7) is 0.915. The van der Waals surface area contributed by atoms with Gasteiger partial charge in [-0.05, 0) is 6.92 Å². The summed E-state index contributed by atoms with van der Waals surface area (Å²) in [4.78, 5) is 11.3. The van der Waals surface area contributed by atoms with Crippen molar-refractivity contribution in [2.24, 2.45) is 0 Å². The van der Waals surface area contributed by atoms with Gasteiger partial charge in [0.15, 0.2) is 5.82 Å². The Balaban J connectivity index is 2.46. The van der Waals surface area contributed by atoms with Crippen LogP contribution in [0.1, 0.15) is 6.92 Å². The molecule has 1 heterocycles. The smallest absolute Gasteiger partial charge is 0.320 e. The number of alkyl halides is 2. The second kappa shape index (κ2) is 6.14. The van der Waals surface area contributed by atoms with Crippen LogP contribution in [-0.2, 0) is 6.54 Å². The van der Waals surface area contributed by atoms with E-state index < -0.39 is 25.0 Å². The van der Waals surface area contributed by atoms with Crippen LogP contribution in [-0.4, -0.2) is 40.0 Å². The number of hydrogen-bond acceptors (Lipinski definition) is 3. The Bertz CT molecular complexity index is 370. The molecule has 8 heteroatoms. The number of anilines is 1. The molecule has 0 spiro atoms. The third kappa shape index (κ3) is 4.77. The lowest BCUT2D eigenvalue weighted by Crippen LogP contribution is -2.38. The Morgan fingerprint density at radius 3 is 2.94 bits per heavy atom. The van der Waals surface area contributed by atoms with Crippen molar-refractivity contribution >= 4 is 11.8 Å². The summed E-state index contributed by atoms with van der Waals surface area (Å²) in [6.07, 6.45) is -1.15. The van der Waals surface area contributed by atoms with Crippen LogP contribution in [0.2, 0.25) is 0 Å². The number of aliphatic hydroxyl groups is 1. The summed E-state index contributed by atoms with van der Waals surface area (Å²) in [5.74, 6) is 0.174. The summed E-state index contributed by atoms with van der Waals surface area (Å²) in [5, 5.41) is 17.2. The third-order valence-corrected chi connectivity index (χ3v) is 1.86. The first-order chi connectivity index (χ1) is 8.01. The van der Waals surface area contributed by atoms with Gasteiger partial charge in [-0.1, -0.05) is 0 Å². The molecule has 1 aromatic heterocycles. The van der Waals surface area contributed by atoms with Gasteiger partial charge in [0.05, 0.1) is 12.6 Å². The fraction of sp³-hybridized carbons (Fsp3) is 0.556. The Kier molecular flexibility index (Phi) is 4.83. The van der Waals surface area contributed by atoms with Gasteiger partial charge in [-0.15, -0.1) is 0 Å². The molecule has 0 saturated heterocycles. The van der Waals surface area contributed by atoms with Crippen molar-refractivity contribution in [2.75, 3.05) is 11.9 Å². The maximum Gasteiger partial charge on any atom is 0.320 e. The molecule has 1 atom stereocenters. The number of rotatable bonds is 5. The molecule has 0 unspecified atom stereocenters. The van der Waals surface area contributed by atoms with Gasteiger partial charge in [-0.3, -0.25) is 10.00 Å². The van der Waals surface area contributed by atoms with Crippen LogP contribution in [0.25, 0.3) is 0 Å². The van der Waals surface area contributed by atoms with Crippen LogP contribution >= 0.6 is 0 Å². The third-order valence-electron chi connectivity index (χ3n) is 1.86. The van der Waals surface area contributed by atoms with Crippen molar-refractivity contribution < 1.29 is 18.7 Å². The number of nitrogens with one attached hydrogen (secondary N) is 2. The van der Waals surface area contributed by atoms with Crippen LogP contribution in [0.15, 0.2) is 12.3 Å². The number of halogens is 2. The second-order valence-corrected chi connectivity index (χ2v) is 3.50. The van der Waals surface area contributed by atoms with Gasteiger partial charge in [0, 0.05) is 12.3 Å². The van der Waals surface area contributed by atoms with E-state index in [9.17, 15) is 13.6 Å². The lowest BCUT2D eigenvalue weighted by atomic mass is 10.4. The largest absolute Gasteiger partial charge is 0.394 e. The minimum atomic E-state index is -2.49. The number of carbonyl (C=O) groups excluding carboxylic acids is 1. The molecule has 0 radical (unpaired) electrons. The summed E-state index contributed by atoms with van der Waals surface area (Å²) >= 11 is 0. The van der Waals surface area contributed by atoms with Crippen LogP contribution < -0.4 is 10.6 Å². The standard InChI is InChI=1S/C9H14F2N4O2/c1-6(5-16)12-9(17)13-8-2-3-15(14-8)4-7(10)11/h2-3,6-7,16H,4-5H2,1H3,(H2,12,13,14,17)/t6-/m0/s1. The molecule has 0 aliphatic rings. The SMILES string of the molecule is C[C@@H](CO)NC(=O)Nc1ccn(CC(F)F)n1. The van der Waals surface area contributed by atoms with E-state index in [1.807, 2.05) is 0 Å². The molecule has 0 aliphatic heterocycles. The Morgan fingerprint density at radius 1 is 1.65 bits per heavy atom. The van der Waals surface area contributed by atoms with Gasteiger partial charge in [-0.2, -0.15) is 5.10 Å². The molecule has 0 bridgehead atoms. The van der Waals surface area contributed by atoms with Gasteiger partial charge in [0.25, 0.3) is 6.43 Å². The van der Waals surface area contributed by atoms with E-state index in [1.165, 1.54) is 12.3 Å². The highest BCUT2D eigenvalue weighted by atomic mass is 19.3. The molecule has 0 saturated carbocycles. The van der Waals surface area contributed by atoms with Crippen molar-refractivity contribution in [3.8, 4) is 0 Å². The molecule has 6 nitrogen and oxygen atoms in total. The topological polar surface area (TPSA) is 79.2 Å². The number of carbonyl (C=O) groups is 1. The number of nitrogens with zero attached hydrogens (tertiary/aromatic N) is 2. The van der Waals surface area contributed by atoms with E-state index in [0.717, 1.165) is 4.68 Å². The van der Waals surface area contributed by atoms with Crippen molar-refractivity contribution in [2.45, 2.75) is 25.9 Å². The van der Waals surface area contributed by atoms with E-state index in [0.29, 0.717) is 0 Å². The number of aromatic nitrogens is 2. The summed E-state index contributed by atoms with van der Waals surface area (Å²) < 4.78 is 25.1. The maximum absolute atomic E-state index is 12.0. The van der Waals surface area contributed by atoms with Gasteiger partial charge in [-0.25, -0.2) is 13.6 Å². The molecule has 1 rings (SSSR count). The van der Waals surface area contributed by atoms with E-state index >= 15 is 0 Å². The zero-order valence-corrected chi connectivity index (χ0v) is 9.23. The molecule has 1 aromatic rings. The highest BCUT2D eigenvalue weighted by Gasteiger charge is 2.09. The quantitative estimate of drug-likeness (QED) is 0.715. The molecular weight excluding hydrogens is 234 g/mol. The molecule has 0 aromatic carbocycles. The number of hydrogen-bond donors (Lipinski definition) is 3. The average molecular weight is 248 g/mol. The lowest BCUT2D eigenvalue weighted by molar-refractivity contribution is 0.122. The molecule has 0 aliphatic carbocycles. The molecule has 96 valence electrons. The Labute approximate surface area is 96.6 Å². The van der Waals surface area contributed by atoms with Crippen LogP contribution in [0.3, 0.4) is 0 Å². The van der Waals surface area contributed by atoms with E-state index in [1.54, 1.807) is 6.92 Å². The Morgan fingerprint density at radius 2 is 2.35 bits per heavy atom. The van der Waals surface area contributed by atoms with E-state index in [-0.39, 0.29) is 12.4 Å². The first kappa shape index (κ1) is 13.4. The summed E-state index contributed by atoms with van der Waals surface area (Å²) in [7, 11) is 0. The minimum absolute atomic E-state index is 0.174. The van der Waals surface area contributed by atoms with Crippen LogP contribution in [0.4, 0.5) is 19.4 Å². The van der Waals surface area contributed by atoms with Crippen LogP contribution in [0, 0.1) is 0 Å². The zero-order chi connectivity index (χ0) is 12.8. The van der Waals surface area contributed by atoms with Gasteiger partial charge in [0.1, 0.15) is 6.54 Å². The minimum Gasteiger partial charge on any atom is -0.394 e. The van der Waals surface area contributed by atoms with Crippen LogP contribution in [0.5, 0.6) is 0 Å². The highest BCUT2D eigenvalue weighted by molar-refractivity contribution is 5.88. The predicted octanol–water partition coefficient (Wildman–Crippen LogP) is 0.650. The molecule has 0 fully saturated rings. The maximum atomic E-state index is 12.0. The average Bonchev–Trinajstić information content (AvgIpc) is 2.63. The van der Waals surface area contributed by atoms with Crippen molar-refractivity contribution in [3.05, 3.63) is 12.3 Å². The highest BCUT2D eigenvalue weighted by Crippen LogP contribution is 2.04. The predicted molar refractivity (Wildman–Crippen MR) is 56.9 cm³/mol. The number of urea groups is 1. The monoisotopic (exact) mass is 248 g/mol. The first-order valence-corrected chi connectivity index (χ1v) is 5.01. The van der Waals surface area contributed by atoms with Gasteiger partial charge in [0.2, 0.25) is 0 Å². The van der Waals surface area contributed by atoms with Crippen molar-refractivity contribution in [1.29, 1.82) is 0 Å². The summed E-state index contributed by atoms with van der Waals surface area (Å²) in [6, 6.07) is 0.470. The van der Waals surface area contributed by atoms with E-state index in [2.05, 4.69) is 15.7 Å². The zero-order valence-electron chi connectivity index (χ0n) is 9.23.